The molecular formula is C23H22N2O3. The van der Waals surface area contributed by atoms with E-state index in [-0.39, 0.29) is 18.1 Å². The maximum Gasteiger partial charge on any atom is 0.254 e. The minimum absolute atomic E-state index is 0.0931. The minimum atomic E-state index is 0.0931. The molecule has 2 aliphatic heterocycles. The van der Waals surface area contributed by atoms with Crippen LogP contribution in [0.2, 0.25) is 0 Å². The Labute approximate surface area is 163 Å². The van der Waals surface area contributed by atoms with E-state index in [1.54, 1.807) is 13.3 Å². The fourth-order valence-corrected chi connectivity index (χ4v) is 4.31. The number of hydrogen-bond donors (Lipinski definition) is 0. The second-order valence-electron chi connectivity index (χ2n) is 7.52. The zero-order chi connectivity index (χ0) is 19.1. The summed E-state index contributed by atoms with van der Waals surface area (Å²) < 4.78 is 11.2. The van der Waals surface area contributed by atoms with E-state index in [0.717, 1.165) is 46.1 Å². The number of carbonyl (C=O) groups is 1. The molecule has 28 heavy (non-hydrogen) atoms. The number of nitrogens with zero attached hydrogens (tertiary/aromatic N) is 2. The van der Waals surface area contributed by atoms with Gasteiger partial charge in [-0.15, -0.1) is 0 Å². The van der Waals surface area contributed by atoms with E-state index in [2.05, 4.69) is 11.1 Å². The van der Waals surface area contributed by atoms with Crippen LogP contribution in [0.15, 0.2) is 54.9 Å². The molecule has 2 bridgehead atoms. The Morgan fingerprint density at radius 1 is 1.11 bits per heavy atom. The highest BCUT2D eigenvalue weighted by Gasteiger charge is 2.35. The fraction of sp³-hybridized carbons (Fsp3) is 0.304. The second kappa shape index (κ2) is 6.91. The molecule has 1 aromatic heterocycles. The van der Waals surface area contributed by atoms with Gasteiger partial charge in [0.1, 0.15) is 5.75 Å². The summed E-state index contributed by atoms with van der Waals surface area (Å²) in [7, 11) is 1.64. The summed E-state index contributed by atoms with van der Waals surface area (Å²) >= 11 is 0. The largest absolute Gasteiger partial charge is 0.495 e. The van der Waals surface area contributed by atoms with Crippen molar-refractivity contribution in [1.82, 2.24) is 9.88 Å². The molecule has 142 valence electrons. The third kappa shape index (κ3) is 3.02. The smallest absolute Gasteiger partial charge is 0.254 e. The summed E-state index contributed by atoms with van der Waals surface area (Å²) in [5.74, 6) is 0.818. The molecule has 3 heterocycles. The summed E-state index contributed by atoms with van der Waals surface area (Å²) in [6.45, 7) is 1.39. The third-order valence-electron chi connectivity index (χ3n) is 5.72. The van der Waals surface area contributed by atoms with Gasteiger partial charge in [0.05, 0.1) is 25.5 Å². The molecular weight excluding hydrogens is 352 g/mol. The number of pyridine rings is 1. The van der Waals surface area contributed by atoms with E-state index in [1.807, 2.05) is 47.5 Å². The van der Waals surface area contributed by atoms with Gasteiger partial charge in [-0.1, -0.05) is 24.3 Å². The van der Waals surface area contributed by atoms with Crippen molar-refractivity contribution in [3.8, 4) is 16.9 Å². The summed E-state index contributed by atoms with van der Waals surface area (Å²) in [5, 5.41) is 2.14. The Kier molecular flexibility index (Phi) is 4.24. The lowest BCUT2D eigenvalue weighted by Crippen LogP contribution is -2.45. The zero-order valence-electron chi connectivity index (χ0n) is 15.8. The van der Waals surface area contributed by atoms with Crippen molar-refractivity contribution in [3.05, 3.63) is 60.4 Å². The van der Waals surface area contributed by atoms with Gasteiger partial charge in [-0.3, -0.25) is 9.78 Å². The Morgan fingerprint density at radius 3 is 2.71 bits per heavy atom. The number of methoxy groups -OCH3 is 1. The number of hydrogen-bond acceptors (Lipinski definition) is 4. The molecule has 2 aromatic carbocycles. The van der Waals surface area contributed by atoms with Crippen LogP contribution < -0.4 is 4.74 Å². The van der Waals surface area contributed by atoms with Crippen molar-refractivity contribution in [2.75, 3.05) is 20.2 Å². The monoisotopic (exact) mass is 374 g/mol. The first-order chi connectivity index (χ1) is 13.7. The number of ether oxygens (including phenoxy) is 2. The quantitative estimate of drug-likeness (QED) is 0.697. The molecule has 0 spiro atoms. The lowest BCUT2D eigenvalue weighted by molar-refractivity contribution is -0.0303. The first-order valence-electron chi connectivity index (χ1n) is 9.68. The Balaban J connectivity index is 1.49. The Morgan fingerprint density at radius 2 is 1.93 bits per heavy atom. The van der Waals surface area contributed by atoms with Gasteiger partial charge in [-0.2, -0.15) is 0 Å². The van der Waals surface area contributed by atoms with E-state index in [1.165, 1.54) is 0 Å². The van der Waals surface area contributed by atoms with E-state index >= 15 is 0 Å². The Bertz CT molecular complexity index is 1040. The number of fused-ring (bicyclic) bond motifs is 3. The van der Waals surface area contributed by atoms with Crippen LogP contribution in [-0.2, 0) is 4.74 Å². The van der Waals surface area contributed by atoms with Crippen molar-refractivity contribution >= 4 is 16.7 Å². The van der Waals surface area contributed by atoms with Crippen LogP contribution in [0.4, 0.5) is 0 Å². The van der Waals surface area contributed by atoms with Crippen molar-refractivity contribution in [2.24, 2.45) is 0 Å². The molecule has 1 amide bonds. The average Bonchev–Trinajstić information content (AvgIpc) is 3.09. The van der Waals surface area contributed by atoms with Gasteiger partial charge in [0.15, 0.2) is 0 Å². The van der Waals surface area contributed by atoms with Crippen LogP contribution in [0, 0.1) is 0 Å². The predicted octanol–water partition coefficient (Wildman–Crippen LogP) is 3.91. The molecule has 2 atom stereocenters. The summed E-state index contributed by atoms with van der Waals surface area (Å²) in [4.78, 5) is 19.3. The number of rotatable bonds is 3. The van der Waals surface area contributed by atoms with E-state index in [0.29, 0.717) is 13.1 Å². The summed E-state index contributed by atoms with van der Waals surface area (Å²) in [6, 6.07) is 14.1. The van der Waals surface area contributed by atoms with Crippen molar-refractivity contribution in [2.45, 2.75) is 25.0 Å². The molecule has 0 saturated carbocycles. The van der Waals surface area contributed by atoms with Crippen LogP contribution >= 0.6 is 0 Å². The van der Waals surface area contributed by atoms with E-state index in [9.17, 15) is 4.79 Å². The molecule has 3 aromatic rings. The summed E-state index contributed by atoms with van der Waals surface area (Å²) in [5.41, 5.74) is 2.80. The lowest BCUT2D eigenvalue weighted by atomic mass is 9.97. The van der Waals surface area contributed by atoms with Gasteiger partial charge in [-0.05, 0) is 47.4 Å². The van der Waals surface area contributed by atoms with Crippen molar-refractivity contribution in [3.63, 3.8) is 0 Å². The molecule has 2 saturated heterocycles. The van der Waals surface area contributed by atoms with E-state index in [4.69, 9.17) is 9.47 Å². The zero-order valence-corrected chi connectivity index (χ0v) is 15.8. The highest BCUT2D eigenvalue weighted by Crippen LogP contribution is 2.32. The first kappa shape index (κ1) is 17.2. The second-order valence-corrected chi connectivity index (χ2v) is 7.52. The first-order valence-corrected chi connectivity index (χ1v) is 9.68. The molecule has 5 heteroatoms. The highest BCUT2D eigenvalue weighted by molar-refractivity contribution is 6.02. The normalized spacial score (nSPS) is 21.1. The Hall–Kier alpha value is -2.92. The molecule has 0 aliphatic carbocycles. The average molecular weight is 374 g/mol. The van der Waals surface area contributed by atoms with Gasteiger partial charge in [0.2, 0.25) is 0 Å². The maximum absolute atomic E-state index is 13.0. The van der Waals surface area contributed by atoms with Crippen LogP contribution in [0.25, 0.3) is 21.9 Å². The van der Waals surface area contributed by atoms with Crippen LogP contribution in [0.3, 0.4) is 0 Å². The van der Waals surface area contributed by atoms with Crippen molar-refractivity contribution < 1.29 is 14.3 Å². The molecule has 0 N–H and O–H groups in total. The molecule has 5 nitrogen and oxygen atoms in total. The number of aromatic nitrogens is 1. The number of likely N-dealkylation sites (tertiary alicyclic amines) is 1. The van der Waals surface area contributed by atoms with Gasteiger partial charge in [0.25, 0.3) is 5.91 Å². The molecule has 5 rings (SSSR count). The molecule has 0 radical (unpaired) electrons. The molecule has 2 aliphatic rings. The van der Waals surface area contributed by atoms with Crippen LogP contribution in [0.5, 0.6) is 5.75 Å². The van der Waals surface area contributed by atoms with Gasteiger partial charge in [-0.25, -0.2) is 0 Å². The number of amides is 1. The van der Waals surface area contributed by atoms with Gasteiger partial charge >= 0.3 is 0 Å². The topological polar surface area (TPSA) is 51.7 Å². The SMILES string of the molecule is COc1cncc(-c2cccc3cc(C(=O)N4C[C@H]5CC[C@@H](C4)O5)ccc23)c1. The minimum Gasteiger partial charge on any atom is -0.495 e. The third-order valence-corrected chi connectivity index (χ3v) is 5.72. The maximum atomic E-state index is 13.0. The predicted molar refractivity (Wildman–Crippen MR) is 108 cm³/mol. The van der Waals surface area contributed by atoms with Gasteiger partial charge in [0, 0.05) is 30.4 Å². The molecule has 2 fully saturated rings. The van der Waals surface area contributed by atoms with E-state index < -0.39 is 0 Å². The molecule has 0 unspecified atom stereocenters. The van der Waals surface area contributed by atoms with Gasteiger partial charge < -0.3 is 14.4 Å². The fourth-order valence-electron chi connectivity index (χ4n) is 4.31. The standard InChI is InChI=1S/C23H22N2O3/c1-27-20-10-17(11-24-12-20)21-4-2-3-15-9-16(5-8-22(15)21)23(26)25-13-18-6-7-19(14-25)28-18/h2-5,8-12,18-19H,6-7,13-14H2,1H3/t18-,19+. The number of carbonyl (C=O) groups excluding carboxylic acids is 1. The summed E-state index contributed by atoms with van der Waals surface area (Å²) in [6.07, 6.45) is 6.06. The van der Waals surface area contributed by atoms with Crippen LogP contribution in [-0.4, -0.2) is 48.2 Å². The lowest BCUT2D eigenvalue weighted by Gasteiger charge is -2.32. The van der Waals surface area contributed by atoms with Crippen LogP contribution in [0.1, 0.15) is 23.2 Å². The number of morpholine rings is 1. The van der Waals surface area contributed by atoms with Crippen molar-refractivity contribution in [1.29, 1.82) is 0 Å². The highest BCUT2D eigenvalue weighted by atomic mass is 16.5. The number of benzene rings is 2.